The summed E-state index contributed by atoms with van der Waals surface area (Å²) < 4.78 is 12.8. The van der Waals surface area contributed by atoms with E-state index in [-0.39, 0.29) is 13.2 Å². The number of rotatable bonds is 6. The van der Waals surface area contributed by atoms with E-state index in [0.29, 0.717) is 33.0 Å². The van der Waals surface area contributed by atoms with Crippen molar-refractivity contribution in [3.05, 3.63) is 81.2 Å². The van der Waals surface area contributed by atoms with Gasteiger partial charge in [0.15, 0.2) is 0 Å². The molecule has 1 aromatic heterocycles. The maximum absolute atomic E-state index is 12.7. The lowest BCUT2D eigenvalue weighted by molar-refractivity contribution is -0.139. The summed E-state index contributed by atoms with van der Waals surface area (Å²) in [4.78, 5) is 16.9. The Balaban J connectivity index is 1.60. The summed E-state index contributed by atoms with van der Waals surface area (Å²) in [5, 5.41) is 8.51. The number of esters is 1. The number of ether oxygens (including phenoxy) is 2. The maximum Gasteiger partial charge on any atom is 0.338 e. The molecule has 0 radical (unpaired) electrons. The molecule has 7 nitrogen and oxygen atoms in total. The van der Waals surface area contributed by atoms with Gasteiger partial charge >= 0.3 is 5.97 Å². The van der Waals surface area contributed by atoms with Crippen LogP contribution >= 0.6 is 23.2 Å². The minimum atomic E-state index is -0.468. The van der Waals surface area contributed by atoms with E-state index in [1.54, 1.807) is 29.8 Å². The van der Waals surface area contributed by atoms with Crippen LogP contribution in [0.15, 0.2) is 60.1 Å². The Morgan fingerprint density at radius 1 is 1.16 bits per heavy atom. The van der Waals surface area contributed by atoms with Crippen LogP contribution in [0.2, 0.25) is 10.0 Å². The largest absolute Gasteiger partial charge is 0.489 e. The van der Waals surface area contributed by atoms with E-state index in [0.717, 1.165) is 11.1 Å². The Labute approximate surface area is 189 Å². The average Bonchev–Trinajstić information content (AvgIpc) is 3.21. The molecular formula is C22H20Cl2N4O3. The number of fused-ring (bicyclic) bond motifs is 1. The predicted molar refractivity (Wildman–Crippen MR) is 118 cm³/mol. The molecule has 1 aliphatic heterocycles. The molecular weight excluding hydrogens is 439 g/mol. The van der Waals surface area contributed by atoms with Crippen molar-refractivity contribution in [2.45, 2.75) is 26.5 Å². The second kappa shape index (κ2) is 8.99. The number of halogens is 2. The van der Waals surface area contributed by atoms with E-state index in [4.69, 9.17) is 32.7 Å². The lowest BCUT2D eigenvalue weighted by Crippen LogP contribution is -2.29. The molecule has 0 bridgehead atoms. The number of carbonyl (C=O) groups is 1. The van der Waals surface area contributed by atoms with E-state index < -0.39 is 12.0 Å². The van der Waals surface area contributed by atoms with Crippen LogP contribution in [0.1, 0.15) is 31.0 Å². The molecule has 160 valence electrons. The Morgan fingerprint density at radius 3 is 2.55 bits per heavy atom. The SMILES string of the molecule is CCOC(=O)C1=C(C)Nc2ncnn2C1c1ccc(OCc2c(Cl)cccc2Cl)cc1. The van der Waals surface area contributed by atoms with Crippen LogP contribution in [-0.2, 0) is 16.1 Å². The van der Waals surface area contributed by atoms with Crippen molar-refractivity contribution in [3.8, 4) is 5.75 Å². The van der Waals surface area contributed by atoms with Crippen molar-refractivity contribution in [2.75, 3.05) is 11.9 Å². The zero-order valence-electron chi connectivity index (χ0n) is 16.9. The number of nitrogens with zero attached hydrogens (tertiary/aromatic N) is 3. The fourth-order valence-corrected chi connectivity index (χ4v) is 3.95. The summed E-state index contributed by atoms with van der Waals surface area (Å²) in [6.45, 7) is 4.12. The van der Waals surface area contributed by atoms with Gasteiger partial charge in [0.2, 0.25) is 5.95 Å². The third kappa shape index (κ3) is 4.24. The summed E-state index contributed by atoms with van der Waals surface area (Å²) >= 11 is 12.4. The first-order valence-corrected chi connectivity index (χ1v) is 10.4. The molecule has 0 spiro atoms. The minimum absolute atomic E-state index is 0.242. The third-order valence-electron chi connectivity index (χ3n) is 4.93. The third-order valence-corrected chi connectivity index (χ3v) is 5.64. The smallest absolute Gasteiger partial charge is 0.338 e. The summed E-state index contributed by atoms with van der Waals surface area (Å²) in [5.74, 6) is 0.808. The molecule has 1 unspecified atom stereocenters. The zero-order chi connectivity index (χ0) is 22.0. The van der Waals surface area contributed by atoms with Crippen LogP contribution in [0, 0.1) is 0 Å². The highest BCUT2D eigenvalue weighted by Gasteiger charge is 2.34. The molecule has 1 aliphatic rings. The van der Waals surface area contributed by atoms with Gasteiger partial charge in [0.1, 0.15) is 24.7 Å². The molecule has 1 N–H and O–H groups in total. The first kappa shape index (κ1) is 21.2. The molecule has 4 rings (SSSR count). The minimum Gasteiger partial charge on any atom is -0.489 e. The maximum atomic E-state index is 12.7. The molecule has 2 heterocycles. The summed E-state index contributed by atoms with van der Waals surface area (Å²) in [5.41, 5.74) is 2.73. The van der Waals surface area contributed by atoms with Gasteiger partial charge in [-0.15, -0.1) is 0 Å². The van der Waals surface area contributed by atoms with Crippen molar-refractivity contribution in [2.24, 2.45) is 0 Å². The lowest BCUT2D eigenvalue weighted by Gasteiger charge is -2.28. The number of nitrogens with one attached hydrogen (secondary N) is 1. The lowest BCUT2D eigenvalue weighted by atomic mass is 9.96. The highest BCUT2D eigenvalue weighted by Crippen LogP contribution is 2.36. The molecule has 2 aromatic carbocycles. The molecule has 0 amide bonds. The number of carbonyl (C=O) groups excluding carboxylic acids is 1. The molecule has 0 aliphatic carbocycles. The number of benzene rings is 2. The number of hydrogen-bond acceptors (Lipinski definition) is 6. The summed E-state index contributed by atoms with van der Waals surface area (Å²) in [7, 11) is 0. The second-order valence-corrected chi connectivity index (χ2v) is 7.69. The van der Waals surface area contributed by atoms with E-state index in [9.17, 15) is 4.79 Å². The summed E-state index contributed by atoms with van der Waals surface area (Å²) in [6, 6.07) is 12.3. The molecule has 31 heavy (non-hydrogen) atoms. The topological polar surface area (TPSA) is 78.3 Å². The van der Waals surface area contributed by atoms with Crippen molar-refractivity contribution < 1.29 is 14.3 Å². The molecule has 0 saturated carbocycles. The summed E-state index contributed by atoms with van der Waals surface area (Å²) in [6.07, 6.45) is 1.45. The zero-order valence-corrected chi connectivity index (χ0v) is 18.4. The van der Waals surface area contributed by atoms with Gasteiger partial charge in [-0.3, -0.25) is 0 Å². The quantitative estimate of drug-likeness (QED) is 0.522. The fraction of sp³-hybridized carbons (Fsp3) is 0.227. The average molecular weight is 459 g/mol. The number of hydrogen-bond donors (Lipinski definition) is 1. The molecule has 0 saturated heterocycles. The standard InChI is InChI=1S/C22H20Cl2N4O3/c1-3-30-21(29)19-13(2)27-22-25-12-26-28(22)20(19)14-7-9-15(10-8-14)31-11-16-17(23)5-4-6-18(16)24/h4-10,12,20H,3,11H2,1-2H3,(H,25,26,27). The Hall–Kier alpha value is -3.03. The van der Waals surface area contributed by atoms with Gasteiger partial charge in [0.05, 0.1) is 12.2 Å². The number of allylic oxidation sites excluding steroid dienone is 1. The van der Waals surface area contributed by atoms with Crippen LogP contribution < -0.4 is 10.1 Å². The predicted octanol–water partition coefficient (Wildman–Crippen LogP) is 5.02. The van der Waals surface area contributed by atoms with Gasteiger partial charge in [-0.2, -0.15) is 10.1 Å². The van der Waals surface area contributed by atoms with Crippen molar-refractivity contribution in [1.29, 1.82) is 0 Å². The van der Waals surface area contributed by atoms with E-state index >= 15 is 0 Å². The van der Waals surface area contributed by atoms with Crippen LogP contribution in [0.5, 0.6) is 5.75 Å². The van der Waals surface area contributed by atoms with Crippen molar-refractivity contribution >= 4 is 35.1 Å². The van der Waals surface area contributed by atoms with Gasteiger partial charge in [-0.25, -0.2) is 9.48 Å². The normalized spacial score (nSPS) is 15.3. The second-order valence-electron chi connectivity index (χ2n) is 6.87. The van der Waals surface area contributed by atoms with Crippen LogP contribution in [0.3, 0.4) is 0 Å². The monoisotopic (exact) mass is 458 g/mol. The first-order valence-electron chi connectivity index (χ1n) is 9.69. The van der Waals surface area contributed by atoms with Crippen LogP contribution in [0.4, 0.5) is 5.95 Å². The van der Waals surface area contributed by atoms with Crippen LogP contribution in [-0.4, -0.2) is 27.3 Å². The molecule has 0 fully saturated rings. The highest BCUT2D eigenvalue weighted by molar-refractivity contribution is 6.35. The van der Waals surface area contributed by atoms with E-state index in [1.807, 2.05) is 31.2 Å². The van der Waals surface area contributed by atoms with Crippen molar-refractivity contribution in [1.82, 2.24) is 14.8 Å². The molecule has 3 aromatic rings. The fourth-order valence-electron chi connectivity index (χ4n) is 3.44. The van der Waals surface area contributed by atoms with Gasteiger partial charge in [-0.05, 0) is 43.7 Å². The first-order chi connectivity index (χ1) is 15.0. The van der Waals surface area contributed by atoms with Crippen LogP contribution in [0.25, 0.3) is 0 Å². The Kier molecular flexibility index (Phi) is 6.15. The Bertz CT molecular complexity index is 1120. The van der Waals surface area contributed by atoms with Gasteiger partial charge in [-0.1, -0.05) is 41.4 Å². The Morgan fingerprint density at radius 2 is 1.87 bits per heavy atom. The van der Waals surface area contributed by atoms with Gasteiger partial charge in [0.25, 0.3) is 0 Å². The number of anilines is 1. The van der Waals surface area contributed by atoms with Crippen molar-refractivity contribution in [3.63, 3.8) is 0 Å². The van der Waals surface area contributed by atoms with Gasteiger partial charge < -0.3 is 14.8 Å². The highest BCUT2D eigenvalue weighted by atomic mass is 35.5. The van der Waals surface area contributed by atoms with E-state index in [1.165, 1.54) is 6.33 Å². The van der Waals surface area contributed by atoms with E-state index in [2.05, 4.69) is 15.4 Å². The number of aromatic nitrogens is 3. The molecule has 1 atom stereocenters. The molecule has 9 heteroatoms. The van der Waals surface area contributed by atoms with Gasteiger partial charge in [0, 0.05) is 21.3 Å².